The van der Waals surface area contributed by atoms with Crippen molar-refractivity contribution in [2.75, 3.05) is 7.11 Å². The van der Waals surface area contributed by atoms with Gasteiger partial charge in [-0.15, -0.1) is 5.10 Å². The van der Waals surface area contributed by atoms with Crippen molar-refractivity contribution in [3.63, 3.8) is 0 Å². The van der Waals surface area contributed by atoms with E-state index in [0.29, 0.717) is 0 Å². The molecule has 2 aromatic heterocycles. The number of halogens is 9. The number of benzene rings is 1. The van der Waals surface area contributed by atoms with Crippen molar-refractivity contribution in [1.82, 2.24) is 20.0 Å². The smallest absolute Gasteiger partial charge is 0.478 e. The topological polar surface area (TPSA) is 99.4 Å². The van der Waals surface area contributed by atoms with Gasteiger partial charge in [-0.3, -0.25) is 0 Å². The van der Waals surface area contributed by atoms with Crippen molar-refractivity contribution in [2.24, 2.45) is 0 Å². The highest BCUT2D eigenvalue weighted by Gasteiger charge is 2.73. The van der Waals surface area contributed by atoms with Crippen LogP contribution in [0.5, 0.6) is 11.6 Å². The second-order valence-corrected chi connectivity index (χ2v) is 7.40. The molecular formula is C18H9Cl2F7N4O4. The number of carboxylic acid groups (broad SMARTS) is 1. The van der Waals surface area contributed by atoms with Crippen LogP contribution in [-0.2, 0) is 5.67 Å². The van der Waals surface area contributed by atoms with E-state index in [2.05, 4.69) is 20.0 Å². The van der Waals surface area contributed by atoms with Gasteiger partial charge in [-0.2, -0.15) is 26.3 Å². The summed E-state index contributed by atoms with van der Waals surface area (Å²) < 4.78 is 103. The van der Waals surface area contributed by atoms with Gasteiger partial charge < -0.3 is 14.6 Å². The Hall–Kier alpha value is -3.33. The highest BCUT2D eigenvalue weighted by molar-refractivity contribution is 6.37. The van der Waals surface area contributed by atoms with Crippen molar-refractivity contribution < 1.29 is 50.1 Å². The number of pyridine rings is 1. The molecule has 0 atom stereocenters. The Balaban J connectivity index is 2.07. The Morgan fingerprint density at radius 2 is 1.60 bits per heavy atom. The molecule has 8 nitrogen and oxygen atoms in total. The molecule has 0 aliphatic carbocycles. The zero-order valence-corrected chi connectivity index (χ0v) is 18.3. The first-order chi connectivity index (χ1) is 16.1. The number of ether oxygens (including phenoxy) is 2. The van der Waals surface area contributed by atoms with Crippen LogP contribution in [-0.4, -0.2) is 50.7 Å². The molecule has 3 aromatic rings. The SMILES string of the molecule is COc1ncc(-c2cn(-c3c(Cl)cc(C(F)(C(F)(F)F)C(F)(F)F)cc3Cl)nn2)cc1OC(=O)O. The van der Waals surface area contributed by atoms with Gasteiger partial charge in [0.1, 0.15) is 11.4 Å². The highest BCUT2D eigenvalue weighted by Crippen LogP contribution is 2.54. The van der Waals surface area contributed by atoms with Gasteiger partial charge in [0, 0.05) is 17.3 Å². The molecule has 188 valence electrons. The molecule has 0 fully saturated rings. The van der Waals surface area contributed by atoms with Gasteiger partial charge >= 0.3 is 24.2 Å². The van der Waals surface area contributed by atoms with Crippen molar-refractivity contribution in [1.29, 1.82) is 0 Å². The van der Waals surface area contributed by atoms with E-state index in [4.69, 9.17) is 33.0 Å². The van der Waals surface area contributed by atoms with Crippen LogP contribution in [0.15, 0.2) is 30.6 Å². The summed E-state index contributed by atoms with van der Waals surface area (Å²) in [5.74, 6) is -0.500. The minimum Gasteiger partial charge on any atom is -0.478 e. The fourth-order valence-electron chi connectivity index (χ4n) is 2.87. The molecule has 0 spiro atoms. The van der Waals surface area contributed by atoms with E-state index in [1.54, 1.807) is 0 Å². The summed E-state index contributed by atoms with van der Waals surface area (Å²) in [6, 6.07) is 1.41. The lowest BCUT2D eigenvalue weighted by atomic mass is 9.94. The molecule has 35 heavy (non-hydrogen) atoms. The van der Waals surface area contributed by atoms with Crippen molar-refractivity contribution >= 4 is 29.4 Å². The molecule has 3 rings (SSSR count). The lowest BCUT2D eigenvalue weighted by molar-refractivity contribution is -0.348. The Morgan fingerprint density at radius 3 is 2.09 bits per heavy atom. The second-order valence-electron chi connectivity index (χ2n) is 6.59. The van der Waals surface area contributed by atoms with Crippen LogP contribution in [0.25, 0.3) is 16.9 Å². The zero-order valence-electron chi connectivity index (χ0n) is 16.7. The lowest BCUT2D eigenvalue weighted by Gasteiger charge is -2.30. The summed E-state index contributed by atoms with van der Waals surface area (Å²) >= 11 is 11.7. The highest BCUT2D eigenvalue weighted by atomic mass is 35.5. The van der Waals surface area contributed by atoms with Crippen molar-refractivity contribution in [3.8, 4) is 28.6 Å². The number of hydrogen-bond donors (Lipinski definition) is 1. The van der Waals surface area contributed by atoms with Gasteiger partial charge in [-0.05, 0) is 18.2 Å². The number of methoxy groups -OCH3 is 1. The predicted octanol–water partition coefficient (Wildman–Crippen LogP) is 5.99. The molecule has 1 N–H and O–H groups in total. The minimum atomic E-state index is -6.36. The molecule has 0 saturated heterocycles. The van der Waals surface area contributed by atoms with Crippen molar-refractivity contribution in [3.05, 3.63) is 46.2 Å². The van der Waals surface area contributed by atoms with Crippen LogP contribution >= 0.6 is 23.2 Å². The van der Waals surface area contributed by atoms with E-state index in [1.807, 2.05) is 0 Å². The molecule has 0 unspecified atom stereocenters. The predicted molar refractivity (Wildman–Crippen MR) is 105 cm³/mol. The van der Waals surface area contributed by atoms with Crippen LogP contribution < -0.4 is 9.47 Å². The summed E-state index contributed by atoms with van der Waals surface area (Å²) in [4.78, 5) is 14.7. The van der Waals surface area contributed by atoms with E-state index in [0.717, 1.165) is 16.9 Å². The maximum absolute atomic E-state index is 14.4. The molecule has 0 aliphatic rings. The molecule has 0 radical (unpaired) electrons. The molecule has 1 aromatic carbocycles. The number of aromatic nitrogens is 4. The third kappa shape index (κ3) is 4.77. The maximum Gasteiger partial charge on any atom is 0.511 e. The van der Waals surface area contributed by atoms with Gasteiger partial charge in [-0.1, -0.05) is 28.4 Å². The largest absolute Gasteiger partial charge is 0.511 e. The van der Waals surface area contributed by atoms with Crippen LogP contribution in [0.3, 0.4) is 0 Å². The van der Waals surface area contributed by atoms with Gasteiger partial charge in [0.2, 0.25) is 0 Å². The van der Waals surface area contributed by atoms with Crippen molar-refractivity contribution in [2.45, 2.75) is 18.0 Å². The molecule has 0 saturated carbocycles. The molecular weight excluding hydrogens is 540 g/mol. The van der Waals surface area contributed by atoms with E-state index in [-0.39, 0.29) is 35.0 Å². The Labute approximate surface area is 199 Å². The standard InChI is InChI=1S/C18H9Cl2F7N4O4/c1-34-14-12(35-15(32)33)2-7(5-28-14)11-6-31(30-29-11)13-9(19)3-8(4-10(13)20)16(21,17(22,23)24)18(25,26)27/h2-6H,1H3,(H,32,33). The van der Waals surface area contributed by atoms with Gasteiger partial charge in [0.25, 0.3) is 5.88 Å². The quantitative estimate of drug-likeness (QED) is 0.308. The number of carbonyl (C=O) groups is 1. The van der Waals surface area contributed by atoms with E-state index in [9.17, 15) is 35.5 Å². The van der Waals surface area contributed by atoms with Crippen LogP contribution in [0.2, 0.25) is 10.0 Å². The summed E-state index contributed by atoms with van der Waals surface area (Å²) in [6.45, 7) is 0. The summed E-state index contributed by atoms with van der Waals surface area (Å²) in [5, 5.41) is 14.6. The van der Waals surface area contributed by atoms with Crippen LogP contribution in [0, 0.1) is 0 Å². The number of nitrogens with zero attached hydrogens (tertiary/aromatic N) is 4. The number of rotatable bonds is 5. The Kier molecular flexibility index (Phi) is 6.78. The Morgan fingerprint density at radius 1 is 1.03 bits per heavy atom. The number of alkyl halides is 7. The molecule has 0 aliphatic heterocycles. The Bertz CT molecular complexity index is 1240. The van der Waals surface area contributed by atoms with Gasteiger partial charge in [0.05, 0.1) is 23.4 Å². The summed E-state index contributed by atoms with van der Waals surface area (Å²) in [7, 11) is 1.20. The van der Waals surface area contributed by atoms with Gasteiger partial charge in [-0.25, -0.2) is 18.9 Å². The maximum atomic E-state index is 14.4. The molecule has 17 heteroatoms. The third-order valence-corrected chi connectivity index (χ3v) is 5.00. The number of hydrogen-bond acceptors (Lipinski definition) is 6. The van der Waals surface area contributed by atoms with Crippen LogP contribution in [0.1, 0.15) is 5.56 Å². The van der Waals surface area contributed by atoms with Crippen LogP contribution in [0.4, 0.5) is 35.5 Å². The van der Waals surface area contributed by atoms with E-state index >= 15 is 0 Å². The fourth-order valence-corrected chi connectivity index (χ4v) is 3.53. The minimum absolute atomic E-state index is 0.0166. The van der Waals surface area contributed by atoms with E-state index < -0.39 is 45.5 Å². The molecule has 2 heterocycles. The second kappa shape index (κ2) is 9.03. The first-order valence-corrected chi connectivity index (χ1v) is 9.55. The average Bonchev–Trinajstić information content (AvgIpc) is 3.20. The zero-order chi connectivity index (χ0) is 26.3. The summed E-state index contributed by atoms with van der Waals surface area (Å²) in [6.07, 6.45) is -12.1. The third-order valence-electron chi connectivity index (χ3n) is 4.42. The van der Waals surface area contributed by atoms with Gasteiger partial charge in [0.15, 0.2) is 5.75 Å². The van der Waals surface area contributed by atoms with E-state index in [1.165, 1.54) is 13.3 Å². The first-order valence-electron chi connectivity index (χ1n) is 8.80. The molecule has 0 bridgehead atoms. The lowest BCUT2D eigenvalue weighted by Crippen LogP contribution is -2.50. The average molecular weight is 549 g/mol. The summed E-state index contributed by atoms with van der Waals surface area (Å²) in [5.41, 5.74) is -7.93. The monoisotopic (exact) mass is 548 g/mol. The normalized spacial score (nSPS) is 12.5. The first kappa shape index (κ1) is 26.3. The fraction of sp³-hybridized carbons (Fsp3) is 0.222. The molecule has 0 amide bonds.